The third-order valence-corrected chi connectivity index (χ3v) is 3.38. The Hall–Kier alpha value is -3.23. The minimum absolute atomic E-state index is 0.144. The number of carboxylic acids is 1. The van der Waals surface area contributed by atoms with Crippen LogP contribution in [0.15, 0.2) is 36.5 Å². The van der Waals surface area contributed by atoms with E-state index in [4.69, 9.17) is 0 Å². The monoisotopic (exact) mass is 332 g/mol. The first-order valence-corrected chi connectivity index (χ1v) is 7.11. The van der Waals surface area contributed by atoms with E-state index in [1.54, 1.807) is 24.3 Å². The van der Waals surface area contributed by atoms with Crippen molar-refractivity contribution in [3.05, 3.63) is 58.0 Å². The van der Waals surface area contributed by atoms with Crippen LogP contribution < -0.4 is 5.32 Å². The van der Waals surface area contributed by atoms with Gasteiger partial charge in [0.15, 0.2) is 0 Å². The number of nitro groups is 1. The lowest BCUT2D eigenvalue weighted by Crippen LogP contribution is -2.43. The summed E-state index contributed by atoms with van der Waals surface area (Å²) < 4.78 is 1.30. The van der Waals surface area contributed by atoms with Gasteiger partial charge in [-0.2, -0.15) is 0 Å². The van der Waals surface area contributed by atoms with Gasteiger partial charge in [0.2, 0.25) is 11.7 Å². The zero-order valence-electron chi connectivity index (χ0n) is 12.9. The number of nitrogens with one attached hydrogen (secondary N) is 1. The van der Waals surface area contributed by atoms with Gasteiger partial charge in [0.1, 0.15) is 18.8 Å². The first kappa shape index (κ1) is 17.1. The fourth-order valence-electron chi connectivity index (χ4n) is 2.18. The standard InChI is InChI=1S/C15H16N4O5/c1-10-16-13(19(23)24)8-18(10)9-14(20)17-12(15(21)22)7-11-5-3-2-4-6-11/h2-6,8,12H,7,9H2,1H3,(H,17,20)(H,21,22). The number of aliphatic carboxylic acids is 1. The second-order valence-electron chi connectivity index (χ2n) is 5.18. The van der Waals surface area contributed by atoms with Crippen molar-refractivity contribution >= 4 is 17.7 Å². The molecule has 0 bridgehead atoms. The Balaban J connectivity index is 2.03. The Morgan fingerprint density at radius 1 is 1.38 bits per heavy atom. The average molecular weight is 332 g/mol. The van der Waals surface area contributed by atoms with Crippen LogP contribution in [0.3, 0.4) is 0 Å². The molecule has 1 aromatic carbocycles. The molecule has 0 radical (unpaired) electrons. The van der Waals surface area contributed by atoms with Gasteiger partial charge in [-0.1, -0.05) is 30.3 Å². The van der Waals surface area contributed by atoms with Crippen LogP contribution in [0, 0.1) is 17.0 Å². The molecule has 0 aliphatic heterocycles. The number of nitrogens with zero attached hydrogens (tertiary/aromatic N) is 3. The number of aromatic nitrogens is 2. The molecule has 1 atom stereocenters. The molecule has 24 heavy (non-hydrogen) atoms. The van der Waals surface area contributed by atoms with E-state index >= 15 is 0 Å². The molecule has 9 heteroatoms. The molecule has 1 amide bonds. The van der Waals surface area contributed by atoms with Crippen molar-refractivity contribution < 1.29 is 19.6 Å². The van der Waals surface area contributed by atoms with E-state index in [0.29, 0.717) is 5.82 Å². The molecule has 1 heterocycles. The number of aryl methyl sites for hydroxylation is 1. The number of carbonyl (C=O) groups is 2. The Labute approximate surface area is 137 Å². The fourth-order valence-corrected chi connectivity index (χ4v) is 2.18. The highest BCUT2D eigenvalue weighted by molar-refractivity contribution is 5.83. The maximum atomic E-state index is 12.1. The van der Waals surface area contributed by atoms with Crippen molar-refractivity contribution in [2.24, 2.45) is 0 Å². The Bertz CT molecular complexity index is 756. The maximum Gasteiger partial charge on any atom is 0.381 e. The van der Waals surface area contributed by atoms with E-state index in [-0.39, 0.29) is 18.8 Å². The summed E-state index contributed by atoms with van der Waals surface area (Å²) in [4.78, 5) is 37.1. The van der Waals surface area contributed by atoms with E-state index in [9.17, 15) is 24.8 Å². The summed E-state index contributed by atoms with van der Waals surface area (Å²) in [6.45, 7) is 1.28. The van der Waals surface area contributed by atoms with Crippen molar-refractivity contribution in [2.75, 3.05) is 0 Å². The molecule has 0 aliphatic rings. The zero-order valence-corrected chi connectivity index (χ0v) is 12.9. The molecule has 0 fully saturated rings. The molecule has 0 saturated carbocycles. The van der Waals surface area contributed by atoms with Crippen molar-refractivity contribution in [1.29, 1.82) is 0 Å². The largest absolute Gasteiger partial charge is 0.480 e. The quantitative estimate of drug-likeness (QED) is 0.573. The molecular weight excluding hydrogens is 316 g/mol. The Morgan fingerprint density at radius 3 is 2.58 bits per heavy atom. The second-order valence-corrected chi connectivity index (χ2v) is 5.18. The summed E-state index contributed by atoms with van der Waals surface area (Å²) in [6.07, 6.45) is 1.28. The lowest BCUT2D eigenvalue weighted by molar-refractivity contribution is -0.389. The molecule has 1 unspecified atom stereocenters. The zero-order chi connectivity index (χ0) is 17.7. The van der Waals surface area contributed by atoms with E-state index < -0.39 is 22.8 Å². The summed E-state index contributed by atoms with van der Waals surface area (Å²) in [6, 6.07) is 7.83. The summed E-state index contributed by atoms with van der Waals surface area (Å²) in [7, 11) is 0. The molecule has 2 N–H and O–H groups in total. The van der Waals surface area contributed by atoms with E-state index in [1.165, 1.54) is 11.5 Å². The third-order valence-electron chi connectivity index (χ3n) is 3.38. The number of carbonyl (C=O) groups excluding carboxylic acids is 1. The van der Waals surface area contributed by atoms with Gasteiger partial charge in [-0.05, 0) is 15.5 Å². The number of hydrogen-bond donors (Lipinski definition) is 2. The predicted molar refractivity (Wildman–Crippen MR) is 83.3 cm³/mol. The van der Waals surface area contributed by atoms with Crippen LogP contribution in [0.2, 0.25) is 0 Å². The Kier molecular flexibility index (Phi) is 5.25. The van der Waals surface area contributed by atoms with Crippen LogP contribution in [0.25, 0.3) is 0 Å². The average Bonchev–Trinajstić information content (AvgIpc) is 2.89. The predicted octanol–water partition coefficient (Wildman–Crippen LogP) is 0.912. The van der Waals surface area contributed by atoms with Crippen LogP contribution in [0.1, 0.15) is 11.4 Å². The lowest BCUT2D eigenvalue weighted by Gasteiger charge is -2.14. The van der Waals surface area contributed by atoms with Gasteiger partial charge >= 0.3 is 11.8 Å². The number of imidazole rings is 1. The van der Waals surface area contributed by atoms with Crippen LogP contribution in [-0.4, -0.2) is 37.5 Å². The van der Waals surface area contributed by atoms with Crippen LogP contribution >= 0.6 is 0 Å². The molecule has 9 nitrogen and oxygen atoms in total. The molecule has 2 rings (SSSR count). The van der Waals surface area contributed by atoms with Crippen LogP contribution in [0.5, 0.6) is 0 Å². The molecule has 1 aromatic heterocycles. The number of amides is 1. The van der Waals surface area contributed by atoms with Gasteiger partial charge < -0.3 is 20.5 Å². The molecular formula is C15H16N4O5. The van der Waals surface area contributed by atoms with Crippen molar-refractivity contribution in [3.63, 3.8) is 0 Å². The summed E-state index contributed by atoms with van der Waals surface area (Å²) in [5.41, 5.74) is 0.777. The number of benzene rings is 1. The second kappa shape index (κ2) is 7.36. The van der Waals surface area contributed by atoms with Gasteiger partial charge in [0.05, 0.1) is 0 Å². The van der Waals surface area contributed by atoms with Gasteiger partial charge in [-0.3, -0.25) is 9.36 Å². The van der Waals surface area contributed by atoms with Crippen LogP contribution in [-0.2, 0) is 22.6 Å². The molecule has 126 valence electrons. The lowest BCUT2D eigenvalue weighted by atomic mass is 10.1. The minimum Gasteiger partial charge on any atom is -0.480 e. The topological polar surface area (TPSA) is 127 Å². The Morgan fingerprint density at radius 2 is 2.04 bits per heavy atom. The van der Waals surface area contributed by atoms with E-state index in [2.05, 4.69) is 10.3 Å². The van der Waals surface area contributed by atoms with Crippen LogP contribution in [0.4, 0.5) is 5.82 Å². The molecule has 0 saturated heterocycles. The summed E-state index contributed by atoms with van der Waals surface area (Å²) >= 11 is 0. The van der Waals surface area contributed by atoms with Crippen molar-refractivity contribution in [1.82, 2.24) is 14.9 Å². The highest BCUT2D eigenvalue weighted by atomic mass is 16.6. The summed E-state index contributed by atoms with van der Waals surface area (Å²) in [5, 5.41) is 22.4. The number of hydrogen-bond acceptors (Lipinski definition) is 5. The first-order valence-electron chi connectivity index (χ1n) is 7.11. The third kappa shape index (κ3) is 4.38. The number of carboxylic acid groups (broad SMARTS) is 1. The van der Waals surface area contributed by atoms with E-state index in [1.807, 2.05) is 6.07 Å². The highest BCUT2D eigenvalue weighted by Gasteiger charge is 2.22. The normalized spacial score (nSPS) is 11.7. The first-order chi connectivity index (χ1) is 11.4. The van der Waals surface area contributed by atoms with Crippen molar-refractivity contribution in [3.8, 4) is 0 Å². The summed E-state index contributed by atoms with van der Waals surface area (Å²) in [5.74, 6) is -1.78. The maximum absolute atomic E-state index is 12.1. The smallest absolute Gasteiger partial charge is 0.381 e. The fraction of sp³-hybridized carbons (Fsp3) is 0.267. The molecule has 0 spiro atoms. The molecule has 2 aromatic rings. The van der Waals surface area contributed by atoms with Gasteiger partial charge in [-0.15, -0.1) is 0 Å². The highest BCUT2D eigenvalue weighted by Crippen LogP contribution is 2.10. The van der Waals surface area contributed by atoms with Crippen molar-refractivity contribution in [2.45, 2.75) is 25.9 Å². The van der Waals surface area contributed by atoms with Gasteiger partial charge in [-0.25, -0.2) is 4.79 Å². The van der Waals surface area contributed by atoms with E-state index in [0.717, 1.165) is 11.8 Å². The molecule has 0 aliphatic carbocycles. The van der Waals surface area contributed by atoms with Gasteiger partial charge in [0.25, 0.3) is 0 Å². The number of rotatable bonds is 7. The van der Waals surface area contributed by atoms with Gasteiger partial charge in [0, 0.05) is 13.3 Å². The minimum atomic E-state index is -1.15. The SMILES string of the molecule is Cc1nc([N+](=O)[O-])cn1CC(=O)NC(Cc1ccccc1)C(=O)O.